The molecule has 128 heavy (non-hydrogen) atoms. The number of benzene rings is 18. The van der Waals surface area contributed by atoms with E-state index >= 15 is 0 Å². The van der Waals surface area contributed by atoms with Gasteiger partial charge >= 0.3 is 0 Å². The van der Waals surface area contributed by atoms with Crippen molar-refractivity contribution in [3.05, 3.63) is 411 Å². The Labute approximate surface area is 730 Å². The van der Waals surface area contributed by atoms with Crippen molar-refractivity contribution in [3.63, 3.8) is 0 Å². The van der Waals surface area contributed by atoms with Gasteiger partial charge in [0.2, 0.25) is 0 Å². The number of para-hydroxylation sites is 4. The number of furan rings is 4. The van der Waals surface area contributed by atoms with Crippen molar-refractivity contribution in [1.82, 2.24) is 39.0 Å². The summed E-state index contributed by atoms with van der Waals surface area (Å²) < 4.78 is 30.2. The van der Waals surface area contributed by atoms with Crippen LogP contribution in [-0.2, 0) is 12.8 Å². The van der Waals surface area contributed by atoms with Crippen LogP contribution in [0.4, 0.5) is 0 Å². The number of nitrogens with zero attached hydrogens (tertiary/aromatic N) is 8. The Morgan fingerprint density at radius 2 is 0.422 bits per heavy atom. The number of hydrogen-bond donors (Lipinski definition) is 0. The maximum Gasteiger partial charge on any atom is 0.164 e. The van der Waals surface area contributed by atoms with Crippen molar-refractivity contribution in [2.45, 2.75) is 12.8 Å². The standard InChI is InChI=1S/2C58H34N4O2/c2*1-3-11-34(12-4-1)56-59-57(35-13-5-2-6-14-35)61-58(60-56)40-20-19-38-27-39-21-24-41(31-45(39)44(38)30-40)62-50-17-9-7-15-42(50)46-28-36(22-25-51(46)62)37-23-26-53-47(29-37)49-33-54-48(32-55(49)64-53)43-16-8-10-18-52(43)63-54/h2*1-26,28-33H,27H2. The fraction of sp³-hybridized carbons (Fsp3) is 0.0172. The minimum absolute atomic E-state index is 0.655. The Balaban J connectivity index is 0.000000132. The zero-order valence-electron chi connectivity index (χ0n) is 68.6. The largest absolute Gasteiger partial charge is 0.456 e. The zero-order chi connectivity index (χ0) is 83.8. The molecule has 8 heterocycles. The summed E-state index contributed by atoms with van der Waals surface area (Å²) in [5, 5.41) is 13.4. The quantitative estimate of drug-likeness (QED) is 0.130. The molecule has 12 heteroatoms. The van der Waals surface area contributed by atoms with Crippen LogP contribution >= 0.6 is 0 Å². The van der Waals surface area contributed by atoms with Crippen LogP contribution in [0.3, 0.4) is 0 Å². The molecule has 2 aliphatic rings. The van der Waals surface area contributed by atoms with Gasteiger partial charge in [-0.05, 0) is 213 Å². The monoisotopic (exact) mass is 1640 g/mol. The topological polar surface area (TPSA) is 140 Å². The highest BCUT2D eigenvalue weighted by Gasteiger charge is 2.28. The van der Waals surface area contributed by atoms with Gasteiger partial charge in [0.05, 0.1) is 22.1 Å². The summed E-state index contributed by atoms with van der Waals surface area (Å²) in [5.74, 6) is 3.93. The molecule has 596 valence electrons. The molecular weight excluding hydrogens is 1570 g/mol. The normalized spacial score (nSPS) is 12.3. The minimum Gasteiger partial charge on any atom is -0.456 e. The first kappa shape index (κ1) is 71.4. The molecule has 0 saturated carbocycles. The van der Waals surface area contributed by atoms with E-state index in [1.165, 1.54) is 77.1 Å². The molecule has 0 saturated heterocycles. The van der Waals surface area contributed by atoms with E-state index in [1.54, 1.807) is 0 Å². The van der Waals surface area contributed by atoms with Crippen molar-refractivity contribution in [2.24, 2.45) is 0 Å². The first-order valence-corrected chi connectivity index (χ1v) is 43.2. The first-order chi connectivity index (χ1) is 63.3. The number of aromatic nitrogens is 8. The predicted molar refractivity (Wildman–Crippen MR) is 517 cm³/mol. The lowest BCUT2D eigenvalue weighted by Gasteiger charge is -2.12. The van der Waals surface area contributed by atoms with Gasteiger partial charge in [0, 0.05) is 109 Å². The first-order valence-electron chi connectivity index (χ1n) is 43.2. The van der Waals surface area contributed by atoms with Gasteiger partial charge in [0.1, 0.15) is 44.7 Å². The smallest absolute Gasteiger partial charge is 0.164 e. The highest BCUT2D eigenvalue weighted by atomic mass is 16.3. The third-order valence-electron chi connectivity index (χ3n) is 26.1. The molecule has 28 rings (SSSR count). The van der Waals surface area contributed by atoms with Gasteiger partial charge in [0.15, 0.2) is 34.9 Å². The van der Waals surface area contributed by atoms with E-state index in [-0.39, 0.29) is 0 Å². The van der Waals surface area contributed by atoms with Gasteiger partial charge in [-0.1, -0.05) is 255 Å². The van der Waals surface area contributed by atoms with Gasteiger partial charge < -0.3 is 26.8 Å². The average molecular weight is 1640 g/mol. The van der Waals surface area contributed by atoms with Crippen molar-refractivity contribution < 1.29 is 17.7 Å². The van der Waals surface area contributed by atoms with Crippen LogP contribution in [0.2, 0.25) is 0 Å². The molecule has 18 aromatic carbocycles. The molecule has 0 spiro atoms. The van der Waals surface area contributed by atoms with Crippen LogP contribution in [-0.4, -0.2) is 39.0 Å². The zero-order valence-corrected chi connectivity index (χ0v) is 68.6. The third-order valence-corrected chi connectivity index (χ3v) is 26.1. The van der Waals surface area contributed by atoms with E-state index in [2.05, 4.69) is 240 Å². The van der Waals surface area contributed by atoms with Crippen molar-refractivity contribution in [1.29, 1.82) is 0 Å². The molecular formula is C116H68N8O4. The van der Waals surface area contributed by atoms with E-state index in [4.69, 9.17) is 47.6 Å². The van der Waals surface area contributed by atoms with E-state index in [1.807, 2.05) is 158 Å². The molecule has 0 fully saturated rings. The molecule has 0 amide bonds. The molecule has 2 aliphatic carbocycles. The fourth-order valence-corrected chi connectivity index (χ4v) is 20.0. The lowest BCUT2D eigenvalue weighted by atomic mass is 10.0. The molecule has 0 atom stereocenters. The lowest BCUT2D eigenvalue weighted by Crippen LogP contribution is -2.00. The van der Waals surface area contributed by atoms with Crippen LogP contribution in [0.5, 0.6) is 0 Å². The minimum atomic E-state index is 0.655. The molecule has 0 unspecified atom stereocenters. The second kappa shape index (κ2) is 28.2. The van der Waals surface area contributed by atoms with Gasteiger partial charge in [-0.15, -0.1) is 0 Å². The van der Waals surface area contributed by atoms with Crippen LogP contribution in [0, 0.1) is 0 Å². The van der Waals surface area contributed by atoms with Crippen molar-refractivity contribution >= 4 is 131 Å². The maximum atomic E-state index is 6.42. The van der Waals surface area contributed by atoms with E-state index in [0.29, 0.717) is 34.9 Å². The third kappa shape index (κ3) is 11.5. The summed E-state index contributed by atoms with van der Waals surface area (Å²) in [4.78, 5) is 30.0. The van der Waals surface area contributed by atoms with Crippen LogP contribution in [0.15, 0.2) is 406 Å². The van der Waals surface area contributed by atoms with Crippen LogP contribution in [0.1, 0.15) is 22.3 Å². The maximum absolute atomic E-state index is 6.42. The molecule has 12 nitrogen and oxygen atoms in total. The molecule has 26 aromatic rings. The Kier molecular flexibility index (Phi) is 15.7. The van der Waals surface area contributed by atoms with Gasteiger partial charge in [-0.3, -0.25) is 0 Å². The van der Waals surface area contributed by atoms with Gasteiger partial charge in [-0.25, -0.2) is 29.9 Å². The second-order valence-corrected chi connectivity index (χ2v) is 33.5. The summed E-state index contributed by atoms with van der Waals surface area (Å²) >= 11 is 0. The average Bonchev–Trinajstić information content (AvgIpc) is 1.59. The predicted octanol–water partition coefficient (Wildman–Crippen LogP) is 30.0. The number of rotatable bonds is 10. The van der Waals surface area contributed by atoms with Gasteiger partial charge in [-0.2, -0.15) is 0 Å². The molecule has 0 N–H and O–H groups in total. The summed E-state index contributed by atoms with van der Waals surface area (Å²) in [6.07, 6.45) is 1.76. The number of hydrogen-bond acceptors (Lipinski definition) is 10. The fourth-order valence-electron chi connectivity index (χ4n) is 20.0. The summed E-state index contributed by atoms with van der Waals surface area (Å²) in [6.45, 7) is 0. The highest BCUT2D eigenvalue weighted by Crippen LogP contribution is 2.48. The second-order valence-electron chi connectivity index (χ2n) is 33.5. The van der Waals surface area contributed by atoms with Crippen LogP contribution < -0.4 is 0 Å². The Morgan fingerprint density at radius 3 is 0.789 bits per heavy atom. The summed E-state index contributed by atoms with van der Waals surface area (Å²) in [7, 11) is 0. The molecule has 8 aromatic heterocycles. The Bertz CT molecular complexity index is 8510. The van der Waals surface area contributed by atoms with Crippen molar-refractivity contribution in [3.8, 4) is 124 Å². The van der Waals surface area contributed by atoms with E-state index < -0.39 is 0 Å². The SMILES string of the molecule is c1ccc(-c2nc(-c3ccccc3)nc(-c3ccc4c(c3)-c3cc(-n5c6ccccc6c6cc(-c7ccc8oc9cc%10c(cc9c8c7)oc7ccccc7%10)ccc65)ccc3C4)n2)cc1.c1ccc(-c2nc(-c3ccccc3)nc(-c3ccc4c(c3)-c3cc(-n5c6ccccc6c6cc(-c7ccc8oc9cc%10c(cc9c8c7)oc7ccccc7%10)ccc65)ccc3C4)n2)cc1. The Hall–Kier alpha value is -17.2. The lowest BCUT2D eigenvalue weighted by molar-refractivity contribution is 0.664. The molecule has 0 bridgehead atoms. The molecule has 0 radical (unpaired) electrons. The number of fused-ring (bicyclic) bond motifs is 24. The Morgan fingerprint density at radius 1 is 0.164 bits per heavy atom. The molecule has 0 aliphatic heterocycles. The van der Waals surface area contributed by atoms with E-state index in [9.17, 15) is 0 Å². The summed E-state index contributed by atoms with van der Waals surface area (Å²) in [5.41, 5.74) is 34.2. The van der Waals surface area contributed by atoms with E-state index in [0.717, 1.165) is 179 Å². The summed E-state index contributed by atoms with van der Waals surface area (Å²) in [6, 6.07) is 137. The highest BCUT2D eigenvalue weighted by molar-refractivity contribution is 6.18. The van der Waals surface area contributed by atoms with Gasteiger partial charge in [0.25, 0.3) is 0 Å². The van der Waals surface area contributed by atoms with Crippen molar-refractivity contribution in [2.75, 3.05) is 0 Å². The van der Waals surface area contributed by atoms with Crippen LogP contribution in [0.25, 0.3) is 256 Å².